The number of hydrazine groups is 1. The van der Waals surface area contributed by atoms with Gasteiger partial charge in [0.15, 0.2) is 5.78 Å². The number of carbonyl (C=O) groups is 2. The van der Waals surface area contributed by atoms with Crippen molar-refractivity contribution in [3.05, 3.63) is 59.3 Å². The van der Waals surface area contributed by atoms with Crippen LogP contribution in [0.5, 0.6) is 0 Å². The van der Waals surface area contributed by atoms with Crippen LogP contribution in [-0.2, 0) is 9.59 Å². The highest BCUT2D eigenvalue weighted by molar-refractivity contribution is 6.01. The summed E-state index contributed by atoms with van der Waals surface area (Å²) in [6.07, 6.45) is 2.54. The molecule has 4 heteroatoms. The molecule has 0 saturated heterocycles. The molecule has 0 fully saturated rings. The lowest BCUT2D eigenvalue weighted by atomic mass is 9.77. The van der Waals surface area contributed by atoms with Crippen molar-refractivity contribution >= 4 is 22.5 Å². The summed E-state index contributed by atoms with van der Waals surface area (Å²) < 4.78 is 0. The fourth-order valence-electron chi connectivity index (χ4n) is 4.15. The number of benzene rings is 2. The SMILES string of the molecule is CN(C)N1C(=O)CC(c2ccc3ccccc3c2)C2=C1CCCC2=O. The molecule has 25 heavy (non-hydrogen) atoms. The van der Waals surface area contributed by atoms with E-state index in [4.69, 9.17) is 0 Å². The van der Waals surface area contributed by atoms with E-state index in [-0.39, 0.29) is 17.6 Å². The smallest absolute Gasteiger partial charge is 0.242 e. The molecule has 128 valence electrons. The first-order chi connectivity index (χ1) is 12.1. The van der Waals surface area contributed by atoms with Gasteiger partial charge in [-0.25, -0.2) is 10.0 Å². The Kier molecular flexibility index (Phi) is 3.92. The molecular formula is C21H22N2O2. The molecule has 0 N–H and O–H groups in total. The van der Waals surface area contributed by atoms with Gasteiger partial charge in [0, 0.05) is 44.1 Å². The van der Waals surface area contributed by atoms with Crippen molar-refractivity contribution in [2.24, 2.45) is 0 Å². The van der Waals surface area contributed by atoms with Gasteiger partial charge in [0.05, 0.1) is 0 Å². The van der Waals surface area contributed by atoms with Gasteiger partial charge in [-0.1, -0.05) is 42.5 Å². The Morgan fingerprint density at radius 2 is 1.76 bits per heavy atom. The molecule has 0 spiro atoms. The zero-order valence-electron chi connectivity index (χ0n) is 14.7. The topological polar surface area (TPSA) is 40.6 Å². The number of hydrogen-bond acceptors (Lipinski definition) is 3. The second-order valence-electron chi connectivity index (χ2n) is 7.05. The van der Waals surface area contributed by atoms with Crippen LogP contribution in [0, 0.1) is 0 Å². The van der Waals surface area contributed by atoms with Gasteiger partial charge in [-0.05, 0) is 29.2 Å². The molecule has 1 heterocycles. The van der Waals surface area contributed by atoms with Crippen molar-refractivity contribution in [3.63, 3.8) is 0 Å². The minimum absolute atomic E-state index is 0.0663. The molecule has 1 aliphatic heterocycles. The van der Waals surface area contributed by atoms with E-state index in [9.17, 15) is 9.59 Å². The average molecular weight is 334 g/mol. The van der Waals surface area contributed by atoms with Crippen LogP contribution < -0.4 is 0 Å². The predicted octanol–water partition coefficient (Wildman–Crippen LogP) is 3.64. The van der Waals surface area contributed by atoms with Crippen LogP contribution in [0.4, 0.5) is 0 Å². The van der Waals surface area contributed by atoms with E-state index >= 15 is 0 Å². The Hall–Kier alpha value is -2.46. The van der Waals surface area contributed by atoms with Crippen LogP contribution in [0.25, 0.3) is 10.8 Å². The van der Waals surface area contributed by atoms with Crippen molar-refractivity contribution in [3.8, 4) is 0 Å². The first-order valence-corrected chi connectivity index (χ1v) is 8.81. The Balaban J connectivity index is 1.86. The highest BCUT2D eigenvalue weighted by Crippen LogP contribution is 2.42. The summed E-state index contributed by atoms with van der Waals surface area (Å²) in [6, 6.07) is 14.5. The Labute approximate surface area is 147 Å². The van der Waals surface area contributed by atoms with Crippen LogP contribution in [0.2, 0.25) is 0 Å². The van der Waals surface area contributed by atoms with Gasteiger partial charge >= 0.3 is 0 Å². The highest BCUT2D eigenvalue weighted by Gasteiger charge is 2.39. The van der Waals surface area contributed by atoms with E-state index in [1.807, 2.05) is 26.2 Å². The second-order valence-corrected chi connectivity index (χ2v) is 7.05. The van der Waals surface area contributed by atoms with Crippen molar-refractivity contribution in [1.82, 2.24) is 10.0 Å². The van der Waals surface area contributed by atoms with E-state index < -0.39 is 0 Å². The quantitative estimate of drug-likeness (QED) is 0.842. The maximum Gasteiger partial charge on any atom is 0.242 e. The molecule has 0 radical (unpaired) electrons. The van der Waals surface area contributed by atoms with Gasteiger partial charge in [0.1, 0.15) is 0 Å². The van der Waals surface area contributed by atoms with Gasteiger partial charge in [-0.15, -0.1) is 0 Å². The molecule has 1 amide bonds. The molecule has 2 aromatic carbocycles. The summed E-state index contributed by atoms with van der Waals surface area (Å²) in [5, 5.41) is 5.82. The number of hydrogen-bond donors (Lipinski definition) is 0. The number of Topliss-reactive ketones (excluding diaryl/α,β-unsaturated/α-hetero) is 1. The van der Waals surface area contributed by atoms with Crippen LogP contribution in [-0.4, -0.2) is 35.8 Å². The molecule has 1 atom stereocenters. The fourth-order valence-corrected chi connectivity index (χ4v) is 4.15. The lowest BCUT2D eigenvalue weighted by molar-refractivity contribution is -0.143. The van der Waals surface area contributed by atoms with Crippen LogP contribution >= 0.6 is 0 Å². The maximum absolute atomic E-state index is 12.8. The summed E-state index contributed by atoms with van der Waals surface area (Å²) in [6.45, 7) is 0. The molecular weight excluding hydrogens is 312 g/mol. The summed E-state index contributed by atoms with van der Waals surface area (Å²) >= 11 is 0. The van der Waals surface area contributed by atoms with E-state index in [0.717, 1.165) is 35.1 Å². The van der Waals surface area contributed by atoms with E-state index in [2.05, 4.69) is 30.3 Å². The zero-order chi connectivity index (χ0) is 17.6. The van der Waals surface area contributed by atoms with Crippen molar-refractivity contribution < 1.29 is 9.59 Å². The Morgan fingerprint density at radius 3 is 2.52 bits per heavy atom. The Morgan fingerprint density at radius 1 is 1.00 bits per heavy atom. The largest absolute Gasteiger partial charge is 0.294 e. The molecule has 1 unspecified atom stereocenters. The van der Waals surface area contributed by atoms with E-state index in [1.165, 1.54) is 5.39 Å². The summed E-state index contributed by atoms with van der Waals surface area (Å²) in [5.74, 6) is 0.131. The maximum atomic E-state index is 12.8. The number of carbonyl (C=O) groups excluding carboxylic acids is 2. The molecule has 4 nitrogen and oxygen atoms in total. The average Bonchev–Trinajstić information content (AvgIpc) is 2.60. The van der Waals surface area contributed by atoms with Gasteiger partial charge < -0.3 is 0 Å². The van der Waals surface area contributed by atoms with E-state index in [0.29, 0.717) is 12.8 Å². The highest BCUT2D eigenvalue weighted by atomic mass is 16.2. The fraction of sp³-hybridized carbons (Fsp3) is 0.333. The van der Waals surface area contributed by atoms with E-state index in [1.54, 1.807) is 10.0 Å². The van der Waals surface area contributed by atoms with Gasteiger partial charge in [-0.3, -0.25) is 9.59 Å². The zero-order valence-corrected chi connectivity index (χ0v) is 14.7. The Bertz CT molecular complexity index is 898. The second kappa shape index (κ2) is 6.12. The van der Waals surface area contributed by atoms with Gasteiger partial charge in [0.2, 0.25) is 5.91 Å². The predicted molar refractivity (Wildman–Crippen MR) is 97.7 cm³/mol. The number of fused-ring (bicyclic) bond motifs is 1. The third kappa shape index (κ3) is 2.67. The third-order valence-corrected chi connectivity index (χ3v) is 5.22. The first kappa shape index (κ1) is 16.0. The molecule has 2 aliphatic rings. The molecule has 0 aromatic heterocycles. The summed E-state index contributed by atoms with van der Waals surface area (Å²) in [5.41, 5.74) is 2.80. The third-order valence-electron chi connectivity index (χ3n) is 5.22. The summed E-state index contributed by atoms with van der Waals surface area (Å²) in [7, 11) is 3.72. The molecule has 2 aromatic rings. The number of rotatable bonds is 2. The number of nitrogens with zero attached hydrogens (tertiary/aromatic N) is 2. The minimum atomic E-state index is -0.129. The van der Waals surface area contributed by atoms with Crippen molar-refractivity contribution in [1.29, 1.82) is 0 Å². The molecule has 0 saturated carbocycles. The number of amides is 1. The number of ketones is 1. The van der Waals surface area contributed by atoms with Gasteiger partial charge in [-0.2, -0.15) is 0 Å². The normalized spacial score (nSPS) is 21.2. The van der Waals surface area contributed by atoms with Crippen LogP contribution in [0.3, 0.4) is 0 Å². The minimum Gasteiger partial charge on any atom is -0.294 e. The lowest BCUT2D eigenvalue weighted by Crippen LogP contribution is -2.47. The number of allylic oxidation sites excluding steroid dienone is 2. The van der Waals surface area contributed by atoms with Crippen LogP contribution in [0.1, 0.15) is 37.2 Å². The molecule has 4 rings (SSSR count). The van der Waals surface area contributed by atoms with Crippen LogP contribution in [0.15, 0.2) is 53.7 Å². The van der Waals surface area contributed by atoms with Gasteiger partial charge in [0.25, 0.3) is 0 Å². The molecule has 1 aliphatic carbocycles. The summed E-state index contributed by atoms with van der Waals surface area (Å²) in [4.78, 5) is 25.5. The van der Waals surface area contributed by atoms with Crippen molar-refractivity contribution in [2.75, 3.05) is 14.1 Å². The standard InChI is InChI=1S/C21H22N2O2/c1-22(2)23-18-8-5-9-19(24)21(18)17(13-20(23)25)16-11-10-14-6-3-4-7-15(14)12-16/h3-4,6-7,10-12,17H,5,8-9,13H2,1-2H3. The molecule has 0 bridgehead atoms. The van der Waals surface area contributed by atoms with Crippen molar-refractivity contribution in [2.45, 2.75) is 31.6 Å². The first-order valence-electron chi connectivity index (χ1n) is 8.81. The lowest BCUT2D eigenvalue weighted by Gasteiger charge is -2.41. The monoisotopic (exact) mass is 334 g/mol.